The van der Waals surface area contributed by atoms with Gasteiger partial charge in [-0.1, -0.05) is 37.8 Å². The van der Waals surface area contributed by atoms with Crippen molar-refractivity contribution in [2.75, 3.05) is 13.1 Å². The lowest BCUT2D eigenvalue weighted by Crippen LogP contribution is -2.23. The van der Waals surface area contributed by atoms with Crippen molar-refractivity contribution in [1.82, 2.24) is 10.1 Å². The molecule has 5 heteroatoms. The number of carbonyl (C=O) groups is 1. The minimum atomic E-state index is -0.661. The van der Waals surface area contributed by atoms with Crippen molar-refractivity contribution in [3.05, 3.63) is 17.5 Å². The van der Waals surface area contributed by atoms with Crippen LogP contribution in [0.1, 0.15) is 69.2 Å². The van der Waals surface area contributed by atoms with Crippen molar-refractivity contribution in [3.8, 4) is 0 Å². The molecular weight excluding hydrogens is 292 g/mol. The Morgan fingerprint density at radius 3 is 2.83 bits per heavy atom. The van der Waals surface area contributed by atoms with Gasteiger partial charge in [0.15, 0.2) is 5.76 Å². The second-order valence-electron chi connectivity index (χ2n) is 7.24. The summed E-state index contributed by atoms with van der Waals surface area (Å²) >= 11 is 0. The molecule has 128 valence electrons. The number of carboxylic acid groups (broad SMARTS) is 1. The predicted molar refractivity (Wildman–Crippen MR) is 87.1 cm³/mol. The fourth-order valence-corrected chi connectivity index (χ4v) is 4.25. The van der Waals surface area contributed by atoms with E-state index in [1.165, 1.54) is 32.1 Å². The van der Waals surface area contributed by atoms with Crippen LogP contribution in [0, 0.1) is 11.8 Å². The van der Waals surface area contributed by atoms with Crippen LogP contribution in [-0.4, -0.2) is 34.2 Å². The van der Waals surface area contributed by atoms with Gasteiger partial charge in [-0.15, -0.1) is 0 Å². The van der Waals surface area contributed by atoms with Crippen LogP contribution in [-0.2, 0) is 11.3 Å². The van der Waals surface area contributed by atoms with Crippen LogP contribution in [0.25, 0.3) is 0 Å². The van der Waals surface area contributed by atoms with Crippen molar-refractivity contribution in [2.45, 2.75) is 64.3 Å². The molecule has 1 aliphatic heterocycles. The molecule has 1 aromatic heterocycles. The molecule has 2 heterocycles. The molecule has 0 amide bonds. The van der Waals surface area contributed by atoms with E-state index < -0.39 is 5.97 Å². The number of aliphatic carboxylic acids is 1. The fourth-order valence-electron chi connectivity index (χ4n) is 4.25. The van der Waals surface area contributed by atoms with Crippen LogP contribution >= 0.6 is 0 Å². The molecule has 2 aliphatic rings. The highest BCUT2D eigenvalue weighted by molar-refractivity contribution is 5.71. The molecular formula is C18H28N2O3. The maximum Gasteiger partial charge on any atom is 0.308 e. The summed E-state index contributed by atoms with van der Waals surface area (Å²) in [6, 6.07) is 2.10. The highest BCUT2D eigenvalue weighted by Gasteiger charge is 2.37. The molecule has 2 fully saturated rings. The monoisotopic (exact) mass is 320 g/mol. The minimum Gasteiger partial charge on any atom is -0.481 e. The van der Waals surface area contributed by atoms with Gasteiger partial charge >= 0.3 is 5.97 Å². The second kappa shape index (κ2) is 7.47. The molecule has 0 aromatic carbocycles. The smallest absolute Gasteiger partial charge is 0.308 e. The number of aromatic nitrogens is 1. The molecule has 0 spiro atoms. The molecule has 2 atom stereocenters. The largest absolute Gasteiger partial charge is 0.481 e. The molecule has 1 saturated heterocycles. The summed E-state index contributed by atoms with van der Waals surface area (Å²) in [7, 11) is 0. The van der Waals surface area contributed by atoms with Crippen LogP contribution in [0.2, 0.25) is 0 Å². The summed E-state index contributed by atoms with van der Waals surface area (Å²) < 4.78 is 5.53. The van der Waals surface area contributed by atoms with Crippen LogP contribution in [0.15, 0.2) is 10.6 Å². The van der Waals surface area contributed by atoms with Gasteiger partial charge in [0.25, 0.3) is 0 Å². The van der Waals surface area contributed by atoms with E-state index in [0.29, 0.717) is 19.0 Å². The zero-order chi connectivity index (χ0) is 16.2. The minimum absolute atomic E-state index is 0.240. The molecule has 0 bridgehead atoms. The van der Waals surface area contributed by atoms with Gasteiger partial charge in [0.05, 0.1) is 18.2 Å². The van der Waals surface area contributed by atoms with E-state index in [2.05, 4.69) is 23.0 Å². The highest BCUT2D eigenvalue weighted by Crippen LogP contribution is 2.33. The van der Waals surface area contributed by atoms with E-state index in [4.69, 9.17) is 4.52 Å². The third kappa shape index (κ3) is 3.94. The first-order valence-electron chi connectivity index (χ1n) is 9.08. The van der Waals surface area contributed by atoms with Gasteiger partial charge in [-0.2, -0.15) is 0 Å². The maximum atomic E-state index is 11.4. The normalized spacial score (nSPS) is 26.7. The molecule has 3 rings (SSSR count). The Hall–Kier alpha value is -1.36. The average Bonchev–Trinajstić information content (AvgIpc) is 3.16. The number of rotatable bonds is 6. The Morgan fingerprint density at radius 1 is 1.35 bits per heavy atom. The van der Waals surface area contributed by atoms with E-state index in [9.17, 15) is 9.90 Å². The van der Waals surface area contributed by atoms with Crippen LogP contribution in [0.5, 0.6) is 0 Å². The molecule has 1 N–H and O–H groups in total. The Labute approximate surface area is 138 Å². The summed E-state index contributed by atoms with van der Waals surface area (Å²) in [6.07, 6.45) is 8.37. The first kappa shape index (κ1) is 16.5. The third-order valence-electron chi connectivity index (χ3n) is 5.47. The van der Waals surface area contributed by atoms with E-state index in [1.807, 2.05) is 0 Å². The predicted octanol–water partition coefficient (Wildman–Crippen LogP) is 3.66. The van der Waals surface area contributed by atoms with E-state index in [1.54, 1.807) is 0 Å². The van der Waals surface area contributed by atoms with Crippen LogP contribution in [0.3, 0.4) is 0 Å². The topological polar surface area (TPSA) is 66.6 Å². The van der Waals surface area contributed by atoms with Gasteiger partial charge in [-0.25, -0.2) is 0 Å². The first-order valence-corrected chi connectivity index (χ1v) is 9.08. The zero-order valence-corrected chi connectivity index (χ0v) is 14.0. The Bertz CT molecular complexity index is 522. The quantitative estimate of drug-likeness (QED) is 0.866. The van der Waals surface area contributed by atoms with E-state index in [-0.39, 0.29) is 11.8 Å². The molecule has 23 heavy (non-hydrogen) atoms. The molecule has 1 aromatic rings. The zero-order valence-electron chi connectivity index (χ0n) is 14.0. The summed E-state index contributed by atoms with van der Waals surface area (Å²) in [5.74, 6) is 0.798. The molecule has 1 saturated carbocycles. The Morgan fingerprint density at radius 2 is 2.13 bits per heavy atom. The second-order valence-corrected chi connectivity index (χ2v) is 7.24. The van der Waals surface area contributed by atoms with Crippen molar-refractivity contribution >= 4 is 5.97 Å². The molecule has 1 aliphatic carbocycles. The maximum absolute atomic E-state index is 11.4. The summed E-state index contributed by atoms with van der Waals surface area (Å²) in [5, 5.41) is 13.7. The van der Waals surface area contributed by atoms with Crippen LogP contribution < -0.4 is 0 Å². The average molecular weight is 320 g/mol. The first-order chi connectivity index (χ1) is 11.2. The third-order valence-corrected chi connectivity index (χ3v) is 5.47. The summed E-state index contributed by atoms with van der Waals surface area (Å²) in [6.45, 7) is 4.28. The fraction of sp³-hybridized carbons (Fsp3) is 0.778. The van der Waals surface area contributed by atoms with Crippen molar-refractivity contribution < 1.29 is 14.4 Å². The lowest BCUT2D eigenvalue weighted by atomic mass is 9.87. The van der Waals surface area contributed by atoms with Gasteiger partial charge in [0.2, 0.25) is 0 Å². The number of hydrogen-bond donors (Lipinski definition) is 1. The number of hydrogen-bond acceptors (Lipinski definition) is 4. The summed E-state index contributed by atoms with van der Waals surface area (Å²) in [4.78, 5) is 13.6. The van der Waals surface area contributed by atoms with Gasteiger partial charge in [0, 0.05) is 25.1 Å². The lowest BCUT2D eigenvalue weighted by molar-refractivity contribution is -0.142. The Kier molecular flexibility index (Phi) is 5.36. The lowest BCUT2D eigenvalue weighted by Gasteiger charge is -2.18. The summed E-state index contributed by atoms with van der Waals surface area (Å²) in [5.41, 5.74) is 1.10. The van der Waals surface area contributed by atoms with Crippen molar-refractivity contribution in [3.63, 3.8) is 0 Å². The van der Waals surface area contributed by atoms with Crippen molar-refractivity contribution in [2.24, 2.45) is 11.8 Å². The highest BCUT2D eigenvalue weighted by atomic mass is 16.5. The standard InChI is InChI=1S/C18H28N2O3/c1-2-6-14-10-20(12-16(14)18(21)22)11-15-9-17(19-23-15)13-7-4-3-5-8-13/h9,13-14,16H,2-8,10-12H2,1H3,(H,21,22)/t14-,16-/m1/s1. The number of nitrogens with zero attached hydrogens (tertiary/aromatic N) is 2. The van der Waals surface area contributed by atoms with Crippen LogP contribution in [0.4, 0.5) is 0 Å². The molecule has 0 unspecified atom stereocenters. The van der Waals surface area contributed by atoms with Crippen molar-refractivity contribution in [1.29, 1.82) is 0 Å². The van der Waals surface area contributed by atoms with Gasteiger partial charge < -0.3 is 9.63 Å². The van der Waals surface area contributed by atoms with E-state index in [0.717, 1.165) is 30.8 Å². The number of carboxylic acids is 1. The Balaban J connectivity index is 1.59. The molecule has 0 radical (unpaired) electrons. The SMILES string of the molecule is CCC[C@@H]1CN(Cc2cc(C3CCCCC3)no2)C[C@H]1C(=O)O. The number of likely N-dealkylation sites (tertiary alicyclic amines) is 1. The molecule has 5 nitrogen and oxygen atoms in total. The van der Waals surface area contributed by atoms with Gasteiger partial charge in [-0.3, -0.25) is 9.69 Å². The van der Waals surface area contributed by atoms with Gasteiger partial charge in [0.1, 0.15) is 0 Å². The van der Waals surface area contributed by atoms with Gasteiger partial charge in [-0.05, 0) is 25.2 Å². The van der Waals surface area contributed by atoms with E-state index >= 15 is 0 Å².